The Bertz CT molecular complexity index is 405. The summed E-state index contributed by atoms with van der Waals surface area (Å²) in [4.78, 5) is 26.6. The van der Waals surface area contributed by atoms with E-state index in [1.165, 1.54) is 18.0 Å². The first-order valence-corrected chi connectivity index (χ1v) is 6.57. The van der Waals surface area contributed by atoms with Crippen LogP contribution < -0.4 is 0 Å². The molecule has 98 valence electrons. The van der Waals surface area contributed by atoms with Crippen molar-refractivity contribution in [2.24, 2.45) is 0 Å². The third kappa shape index (κ3) is 4.75. The van der Waals surface area contributed by atoms with Crippen molar-refractivity contribution in [2.45, 2.75) is 18.9 Å². The third-order valence-corrected chi connectivity index (χ3v) is 2.81. The Morgan fingerprint density at radius 2 is 1.94 bits per heavy atom. The number of hydrogen-bond acceptors (Lipinski definition) is 6. The minimum Gasteiger partial charge on any atom is -0.465 e. The zero-order chi connectivity index (χ0) is 13.4. The predicted octanol–water partition coefficient (Wildman–Crippen LogP) is 1.91. The molecule has 1 rings (SSSR count). The molecule has 0 aliphatic heterocycles. The van der Waals surface area contributed by atoms with Gasteiger partial charge in [-0.1, -0.05) is 11.8 Å². The van der Waals surface area contributed by atoms with Gasteiger partial charge in [0.05, 0.1) is 29.6 Å². The van der Waals surface area contributed by atoms with E-state index >= 15 is 0 Å². The fraction of sp³-hybridized carbons (Fsp3) is 0.417. The van der Waals surface area contributed by atoms with Crippen molar-refractivity contribution in [3.05, 3.63) is 23.9 Å². The first-order valence-electron chi connectivity index (χ1n) is 5.59. The van der Waals surface area contributed by atoms with Crippen LogP contribution in [0.1, 0.15) is 24.2 Å². The SMILES string of the molecule is CCOC(=O)CSc1ccc(C(=O)OCC)cn1. The van der Waals surface area contributed by atoms with Crippen LogP contribution in [0, 0.1) is 0 Å². The van der Waals surface area contributed by atoms with Crippen molar-refractivity contribution in [1.82, 2.24) is 4.98 Å². The van der Waals surface area contributed by atoms with Gasteiger partial charge in [0.25, 0.3) is 0 Å². The lowest BCUT2D eigenvalue weighted by Crippen LogP contribution is -2.07. The van der Waals surface area contributed by atoms with Gasteiger partial charge in [-0.05, 0) is 26.0 Å². The van der Waals surface area contributed by atoms with Gasteiger partial charge in [0.15, 0.2) is 0 Å². The van der Waals surface area contributed by atoms with Gasteiger partial charge in [-0.15, -0.1) is 0 Å². The minimum absolute atomic E-state index is 0.208. The number of aromatic nitrogens is 1. The standard InChI is InChI=1S/C12H15NO4S/c1-3-16-11(14)8-18-10-6-5-9(7-13-10)12(15)17-4-2/h5-7H,3-4,8H2,1-2H3. The number of thioether (sulfide) groups is 1. The molecule has 0 N–H and O–H groups in total. The van der Waals surface area contributed by atoms with E-state index in [1.54, 1.807) is 26.0 Å². The van der Waals surface area contributed by atoms with Gasteiger partial charge in [0, 0.05) is 6.20 Å². The number of hydrogen-bond donors (Lipinski definition) is 0. The molecule has 0 radical (unpaired) electrons. The number of carbonyl (C=O) groups excluding carboxylic acids is 2. The van der Waals surface area contributed by atoms with Crippen LogP contribution in [-0.4, -0.2) is 35.9 Å². The molecule has 0 bridgehead atoms. The lowest BCUT2D eigenvalue weighted by atomic mass is 10.3. The molecule has 0 spiro atoms. The summed E-state index contributed by atoms with van der Waals surface area (Å²) >= 11 is 1.26. The van der Waals surface area contributed by atoms with Crippen molar-refractivity contribution in [3.8, 4) is 0 Å². The van der Waals surface area contributed by atoms with Gasteiger partial charge >= 0.3 is 11.9 Å². The summed E-state index contributed by atoms with van der Waals surface area (Å²) in [5, 5.41) is 0.663. The highest BCUT2D eigenvalue weighted by molar-refractivity contribution is 7.99. The molecule has 0 saturated carbocycles. The Balaban J connectivity index is 2.50. The highest BCUT2D eigenvalue weighted by atomic mass is 32.2. The Kier molecular flexibility index (Phi) is 6.21. The van der Waals surface area contributed by atoms with Gasteiger partial charge in [-0.2, -0.15) is 0 Å². The zero-order valence-corrected chi connectivity index (χ0v) is 11.2. The maximum atomic E-state index is 11.4. The highest BCUT2D eigenvalue weighted by Gasteiger charge is 2.08. The Hall–Kier alpha value is -1.56. The maximum absolute atomic E-state index is 11.4. The van der Waals surface area contributed by atoms with Crippen LogP contribution in [0.3, 0.4) is 0 Å². The predicted molar refractivity (Wildman–Crippen MR) is 67.6 cm³/mol. The molecule has 0 aliphatic carbocycles. The van der Waals surface area contributed by atoms with E-state index in [9.17, 15) is 9.59 Å². The molecule has 0 saturated heterocycles. The first-order chi connectivity index (χ1) is 8.67. The summed E-state index contributed by atoms with van der Waals surface area (Å²) in [6, 6.07) is 3.30. The normalized spacial score (nSPS) is 9.89. The minimum atomic E-state index is -0.396. The van der Waals surface area contributed by atoms with Crippen molar-refractivity contribution >= 4 is 23.7 Å². The monoisotopic (exact) mass is 269 g/mol. The number of esters is 2. The summed E-state index contributed by atoms with van der Waals surface area (Å²) in [5.41, 5.74) is 0.400. The summed E-state index contributed by atoms with van der Waals surface area (Å²) in [6.45, 7) is 4.21. The van der Waals surface area contributed by atoms with Crippen molar-refractivity contribution in [3.63, 3.8) is 0 Å². The van der Waals surface area contributed by atoms with Crippen LogP contribution in [-0.2, 0) is 14.3 Å². The maximum Gasteiger partial charge on any atom is 0.339 e. The van der Waals surface area contributed by atoms with Gasteiger partial charge < -0.3 is 9.47 Å². The second-order valence-corrected chi connectivity index (χ2v) is 4.19. The fourth-order valence-electron chi connectivity index (χ4n) is 1.14. The van der Waals surface area contributed by atoms with Crippen LogP contribution in [0.15, 0.2) is 23.4 Å². The summed E-state index contributed by atoms with van der Waals surface area (Å²) in [5.74, 6) is -0.467. The topological polar surface area (TPSA) is 65.5 Å². The van der Waals surface area contributed by atoms with E-state index in [2.05, 4.69) is 4.98 Å². The molecule has 0 aromatic carbocycles. The van der Waals surface area contributed by atoms with Crippen molar-refractivity contribution in [1.29, 1.82) is 0 Å². The molecule has 0 amide bonds. The average Bonchev–Trinajstić information content (AvgIpc) is 2.37. The average molecular weight is 269 g/mol. The highest BCUT2D eigenvalue weighted by Crippen LogP contribution is 2.15. The van der Waals surface area contributed by atoms with Crippen LogP contribution in [0.25, 0.3) is 0 Å². The van der Waals surface area contributed by atoms with Gasteiger partial charge in [-0.25, -0.2) is 9.78 Å². The first kappa shape index (κ1) is 14.5. The lowest BCUT2D eigenvalue weighted by molar-refractivity contribution is -0.139. The van der Waals surface area contributed by atoms with Gasteiger partial charge in [0.1, 0.15) is 0 Å². The fourth-order valence-corrected chi connectivity index (χ4v) is 1.78. The van der Waals surface area contributed by atoms with Crippen LogP contribution in [0.2, 0.25) is 0 Å². The summed E-state index contributed by atoms with van der Waals surface area (Å²) in [6.07, 6.45) is 1.44. The Morgan fingerprint density at radius 1 is 1.22 bits per heavy atom. The molecule has 0 aliphatic rings. The van der Waals surface area contributed by atoms with E-state index in [0.29, 0.717) is 23.8 Å². The zero-order valence-electron chi connectivity index (χ0n) is 10.3. The van der Waals surface area contributed by atoms with Crippen molar-refractivity contribution < 1.29 is 19.1 Å². The molecule has 1 aromatic heterocycles. The number of carbonyl (C=O) groups is 2. The third-order valence-electron chi connectivity index (χ3n) is 1.89. The smallest absolute Gasteiger partial charge is 0.339 e. The largest absolute Gasteiger partial charge is 0.465 e. The van der Waals surface area contributed by atoms with E-state index in [-0.39, 0.29) is 11.7 Å². The summed E-state index contributed by atoms with van der Waals surface area (Å²) < 4.78 is 9.63. The molecule has 1 heterocycles. The molecule has 1 aromatic rings. The lowest BCUT2D eigenvalue weighted by Gasteiger charge is -2.03. The number of ether oxygens (including phenoxy) is 2. The van der Waals surface area contributed by atoms with Gasteiger partial charge in [0.2, 0.25) is 0 Å². The number of nitrogens with zero attached hydrogens (tertiary/aromatic N) is 1. The molecule has 0 fully saturated rings. The molecular formula is C12H15NO4S. The molecule has 6 heteroatoms. The number of pyridine rings is 1. The van der Waals surface area contributed by atoms with Crippen molar-refractivity contribution in [2.75, 3.05) is 19.0 Å². The van der Waals surface area contributed by atoms with Crippen LogP contribution in [0.4, 0.5) is 0 Å². The van der Waals surface area contributed by atoms with E-state index < -0.39 is 5.97 Å². The Morgan fingerprint density at radius 3 is 2.50 bits per heavy atom. The molecular weight excluding hydrogens is 254 g/mol. The molecule has 0 atom stereocenters. The van der Waals surface area contributed by atoms with Gasteiger partial charge in [-0.3, -0.25) is 4.79 Å². The van der Waals surface area contributed by atoms with E-state index in [1.807, 2.05) is 0 Å². The van der Waals surface area contributed by atoms with E-state index in [4.69, 9.17) is 9.47 Å². The van der Waals surface area contributed by atoms with Crippen LogP contribution >= 0.6 is 11.8 Å². The Labute approximate surface area is 110 Å². The molecule has 18 heavy (non-hydrogen) atoms. The number of rotatable bonds is 6. The molecule has 5 nitrogen and oxygen atoms in total. The quantitative estimate of drug-likeness (QED) is 0.580. The van der Waals surface area contributed by atoms with E-state index in [0.717, 1.165) is 0 Å². The van der Waals surface area contributed by atoms with Crippen LogP contribution in [0.5, 0.6) is 0 Å². The molecule has 0 unspecified atom stereocenters. The summed E-state index contributed by atoms with van der Waals surface area (Å²) in [7, 11) is 0. The second kappa shape index (κ2) is 7.71. The second-order valence-electron chi connectivity index (χ2n) is 3.20.